The van der Waals surface area contributed by atoms with E-state index in [-0.39, 0.29) is 0 Å². The molecule has 1 rings (SSSR count). The van der Waals surface area contributed by atoms with E-state index in [4.69, 9.17) is 4.74 Å². The average Bonchev–Trinajstić information content (AvgIpc) is 2.77. The van der Waals surface area contributed by atoms with Gasteiger partial charge < -0.3 is 10.1 Å². The van der Waals surface area contributed by atoms with Gasteiger partial charge in [-0.3, -0.25) is 9.58 Å². The third-order valence-corrected chi connectivity index (χ3v) is 2.78. The molecule has 0 amide bonds. The predicted molar refractivity (Wildman–Crippen MR) is 73.7 cm³/mol. The summed E-state index contributed by atoms with van der Waals surface area (Å²) in [6, 6.07) is 2.52. The molecule has 5 heteroatoms. The molecule has 0 bridgehead atoms. The summed E-state index contributed by atoms with van der Waals surface area (Å²) >= 11 is 0. The highest BCUT2D eigenvalue weighted by atomic mass is 16.5. The van der Waals surface area contributed by atoms with Crippen molar-refractivity contribution in [1.82, 2.24) is 20.0 Å². The summed E-state index contributed by atoms with van der Waals surface area (Å²) in [7, 11) is 3.84. The molecule has 0 saturated carbocycles. The lowest BCUT2D eigenvalue weighted by molar-refractivity contribution is 0.197. The van der Waals surface area contributed by atoms with E-state index >= 15 is 0 Å². The molecule has 0 aliphatic heterocycles. The largest absolute Gasteiger partial charge is 0.383 e. The van der Waals surface area contributed by atoms with Crippen molar-refractivity contribution in [3.8, 4) is 0 Å². The highest BCUT2D eigenvalue weighted by Crippen LogP contribution is 2.05. The minimum atomic E-state index is 0.430. The summed E-state index contributed by atoms with van der Waals surface area (Å²) in [5.41, 5.74) is 1.13. The molecule has 0 aliphatic carbocycles. The topological polar surface area (TPSA) is 42.3 Å². The van der Waals surface area contributed by atoms with Crippen LogP contribution in [-0.2, 0) is 11.3 Å². The standard InChI is InChI=1S/C13H26N4O/c1-12(2)17-8-5-13(15-17)11-16(3)9-6-14-7-10-18-4/h5,8,12,14H,6-7,9-11H2,1-4H3. The lowest BCUT2D eigenvalue weighted by Gasteiger charge is -2.15. The Morgan fingerprint density at radius 1 is 1.44 bits per heavy atom. The second-order valence-corrected chi connectivity index (χ2v) is 4.86. The molecule has 5 nitrogen and oxygen atoms in total. The third kappa shape index (κ3) is 5.62. The minimum absolute atomic E-state index is 0.430. The van der Waals surface area contributed by atoms with E-state index in [9.17, 15) is 0 Å². The number of hydrogen-bond acceptors (Lipinski definition) is 4. The Labute approximate surface area is 110 Å². The number of nitrogens with one attached hydrogen (secondary N) is 1. The summed E-state index contributed by atoms with van der Waals surface area (Å²) in [6.45, 7) is 8.84. The van der Waals surface area contributed by atoms with Gasteiger partial charge in [-0.25, -0.2) is 0 Å². The fourth-order valence-corrected chi connectivity index (χ4v) is 1.67. The van der Waals surface area contributed by atoms with Gasteiger partial charge in [0, 0.05) is 45.5 Å². The van der Waals surface area contributed by atoms with Crippen LogP contribution in [0.5, 0.6) is 0 Å². The normalized spacial score (nSPS) is 11.7. The highest BCUT2D eigenvalue weighted by molar-refractivity contribution is 4.99. The van der Waals surface area contributed by atoms with Crippen LogP contribution in [0, 0.1) is 0 Å². The van der Waals surface area contributed by atoms with Gasteiger partial charge in [0.05, 0.1) is 12.3 Å². The zero-order valence-corrected chi connectivity index (χ0v) is 12.0. The van der Waals surface area contributed by atoms with Gasteiger partial charge in [-0.1, -0.05) is 0 Å². The zero-order chi connectivity index (χ0) is 13.4. The molecule has 0 aliphatic rings. The van der Waals surface area contributed by atoms with Crippen LogP contribution in [0.1, 0.15) is 25.6 Å². The van der Waals surface area contributed by atoms with Gasteiger partial charge in [0.25, 0.3) is 0 Å². The molecule has 18 heavy (non-hydrogen) atoms. The molecule has 1 heterocycles. The van der Waals surface area contributed by atoms with Gasteiger partial charge in [-0.05, 0) is 27.0 Å². The van der Waals surface area contributed by atoms with E-state index in [1.54, 1.807) is 7.11 Å². The SMILES string of the molecule is COCCNCCN(C)Cc1ccn(C(C)C)n1. The summed E-state index contributed by atoms with van der Waals surface area (Å²) in [5.74, 6) is 0. The van der Waals surface area contributed by atoms with E-state index in [0.717, 1.165) is 38.5 Å². The lowest BCUT2D eigenvalue weighted by Crippen LogP contribution is -2.30. The Bertz CT molecular complexity index is 325. The molecule has 104 valence electrons. The molecular weight excluding hydrogens is 228 g/mol. The molecular formula is C13H26N4O. The predicted octanol–water partition coefficient (Wildman–Crippen LogP) is 1.13. The molecule has 0 spiro atoms. The fourth-order valence-electron chi connectivity index (χ4n) is 1.67. The van der Waals surface area contributed by atoms with Gasteiger partial charge in [-0.2, -0.15) is 5.10 Å². The van der Waals surface area contributed by atoms with Crippen LogP contribution in [0.3, 0.4) is 0 Å². The van der Waals surface area contributed by atoms with Crippen molar-refractivity contribution in [2.75, 3.05) is 40.4 Å². The Hall–Kier alpha value is -0.910. The van der Waals surface area contributed by atoms with Gasteiger partial charge in [0.15, 0.2) is 0 Å². The second-order valence-electron chi connectivity index (χ2n) is 4.86. The maximum Gasteiger partial charge on any atom is 0.0764 e. The molecule has 0 aromatic carbocycles. The van der Waals surface area contributed by atoms with Crippen molar-refractivity contribution >= 4 is 0 Å². The van der Waals surface area contributed by atoms with Crippen molar-refractivity contribution in [2.24, 2.45) is 0 Å². The third-order valence-electron chi connectivity index (χ3n) is 2.78. The van der Waals surface area contributed by atoms with Crippen LogP contribution in [0.4, 0.5) is 0 Å². The summed E-state index contributed by atoms with van der Waals surface area (Å²) in [6.07, 6.45) is 2.05. The molecule has 1 aromatic heterocycles. The number of hydrogen-bond donors (Lipinski definition) is 1. The molecule has 0 saturated heterocycles. The van der Waals surface area contributed by atoms with E-state index in [1.807, 2.05) is 10.9 Å². The van der Waals surface area contributed by atoms with Crippen LogP contribution in [0.25, 0.3) is 0 Å². The van der Waals surface area contributed by atoms with E-state index in [0.29, 0.717) is 6.04 Å². The van der Waals surface area contributed by atoms with Gasteiger partial charge in [-0.15, -0.1) is 0 Å². The zero-order valence-electron chi connectivity index (χ0n) is 12.0. The monoisotopic (exact) mass is 254 g/mol. The maximum atomic E-state index is 4.98. The summed E-state index contributed by atoms with van der Waals surface area (Å²) in [4.78, 5) is 2.27. The fraction of sp³-hybridized carbons (Fsp3) is 0.769. The quantitative estimate of drug-likeness (QED) is 0.671. The maximum absolute atomic E-state index is 4.98. The Morgan fingerprint density at radius 3 is 2.83 bits per heavy atom. The minimum Gasteiger partial charge on any atom is -0.383 e. The van der Waals surface area contributed by atoms with Crippen LogP contribution >= 0.6 is 0 Å². The smallest absolute Gasteiger partial charge is 0.0764 e. The number of nitrogens with zero attached hydrogens (tertiary/aromatic N) is 3. The molecule has 1 N–H and O–H groups in total. The van der Waals surface area contributed by atoms with Gasteiger partial charge in [0.1, 0.15) is 0 Å². The molecule has 0 atom stereocenters. The highest BCUT2D eigenvalue weighted by Gasteiger charge is 2.05. The van der Waals surface area contributed by atoms with Crippen molar-refractivity contribution in [2.45, 2.75) is 26.4 Å². The Balaban J connectivity index is 2.20. The number of rotatable bonds is 9. The Morgan fingerprint density at radius 2 is 2.22 bits per heavy atom. The van der Waals surface area contributed by atoms with E-state index < -0.39 is 0 Å². The van der Waals surface area contributed by atoms with Gasteiger partial charge in [0.2, 0.25) is 0 Å². The van der Waals surface area contributed by atoms with Crippen LogP contribution in [-0.4, -0.2) is 55.1 Å². The number of methoxy groups -OCH3 is 1. The Kier molecular flexibility index (Phi) is 6.93. The van der Waals surface area contributed by atoms with Crippen molar-refractivity contribution in [3.63, 3.8) is 0 Å². The first-order valence-electron chi connectivity index (χ1n) is 6.55. The van der Waals surface area contributed by atoms with E-state index in [2.05, 4.69) is 42.3 Å². The molecule has 1 aromatic rings. The molecule has 0 fully saturated rings. The molecule has 0 radical (unpaired) electrons. The van der Waals surface area contributed by atoms with Crippen molar-refractivity contribution in [3.05, 3.63) is 18.0 Å². The lowest BCUT2D eigenvalue weighted by atomic mass is 10.4. The molecule has 0 unspecified atom stereocenters. The van der Waals surface area contributed by atoms with E-state index in [1.165, 1.54) is 0 Å². The first kappa shape index (κ1) is 15.1. The van der Waals surface area contributed by atoms with Crippen LogP contribution < -0.4 is 5.32 Å². The number of ether oxygens (including phenoxy) is 1. The number of likely N-dealkylation sites (N-methyl/N-ethyl adjacent to an activating group) is 1. The first-order chi connectivity index (χ1) is 8.63. The summed E-state index contributed by atoms with van der Waals surface area (Å²) < 4.78 is 6.98. The average molecular weight is 254 g/mol. The van der Waals surface area contributed by atoms with Crippen LogP contribution in [0.15, 0.2) is 12.3 Å². The second kappa shape index (κ2) is 8.24. The summed E-state index contributed by atoms with van der Waals surface area (Å²) in [5, 5.41) is 7.88. The number of aromatic nitrogens is 2. The van der Waals surface area contributed by atoms with Crippen LogP contribution in [0.2, 0.25) is 0 Å². The van der Waals surface area contributed by atoms with Crippen molar-refractivity contribution < 1.29 is 4.74 Å². The van der Waals surface area contributed by atoms with Crippen molar-refractivity contribution in [1.29, 1.82) is 0 Å². The van der Waals surface area contributed by atoms with Gasteiger partial charge >= 0.3 is 0 Å². The first-order valence-corrected chi connectivity index (χ1v) is 6.55.